The number of ether oxygens (including phenoxy) is 1. The van der Waals surface area contributed by atoms with Crippen molar-refractivity contribution in [3.63, 3.8) is 0 Å². The van der Waals surface area contributed by atoms with E-state index >= 15 is 0 Å². The third kappa shape index (κ3) is 6.81. The lowest BCUT2D eigenvalue weighted by molar-refractivity contribution is -0.135. The Balaban J connectivity index is 1.91. The summed E-state index contributed by atoms with van der Waals surface area (Å²) >= 11 is 6.34. The molecular weight excluding hydrogens is 460 g/mol. The number of oxime groups is 1. The molecular formula is C25H27ClN2O6. The number of cyclic esters (lactones) is 1. The highest BCUT2D eigenvalue weighted by atomic mass is 35.5. The first-order chi connectivity index (χ1) is 16.5. The van der Waals surface area contributed by atoms with Crippen LogP contribution in [0.1, 0.15) is 52.0 Å². The summed E-state index contributed by atoms with van der Waals surface area (Å²) < 4.78 is 5.33. The summed E-state index contributed by atoms with van der Waals surface area (Å²) in [5, 5.41) is 14.2. The van der Waals surface area contributed by atoms with Crippen molar-refractivity contribution in [3.8, 4) is 5.75 Å². The van der Waals surface area contributed by atoms with Crippen molar-refractivity contribution in [1.82, 2.24) is 4.90 Å². The molecule has 8 nitrogen and oxygen atoms in total. The molecule has 34 heavy (non-hydrogen) atoms. The SMILES string of the molecule is O=Cc1cc(O)c(Cl)c2c1C(=O)OCC/C=C/CC/C=C/C(=N/OCC(=O)N1CC=CCC1)C2. The van der Waals surface area contributed by atoms with Crippen molar-refractivity contribution in [2.75, 3.05) is 26.3 Å². The summed E-state index contributed by atoms with van der Waals surface area (Å²) in [5.41, 5.74) is 0.491. The van der Waals surface area contributed by atoms with E-state index in [2.05, 4.69) is 5.16 Å². The van der Waals surface area contributed by atoms with E-state index in [1.807, 2.05) is 30.4 Å². The van der Waals surface area contributed by atoms with Crippen molar-refractivity contribution < 1.29 is 29.1 Å². The van der Waals surface area contributed by atoms with E-state index in [1.165, 1.54) is 0 Å². The number of allylic oxidation sites excluding steroid dienone is 3. The summed E-state index contributed by atoms with van der Waals surface area (Å²) in [4.78, 5) is 43.8. The number of fused-ring (bicyclic) bond motifs is 1. The van der Waals surface area contributed by atoms with Crippen LogP contribution >= 0.6 is 11.6 Å². The van der Waals surface area contributed by atoms with Crippen LogP contribution in [0.3, 0.4) is 0 Å². The Morgan fingerprint density at radius 1 is 1.18 bits per heavy atom. The fourth-order valence-electron chi connectivity index (χ4n) is 3.59. The molecule has 0 spiro atoms. The first-order valence-electron chi connectivity index (χ1n) is 11.1. The van der Waals surface area contributed by atoms with Gasteiger partial charge in [0.1, 0.15) is 5.75 Å². The molecule has 1 aromatic carbocycles. The van der Waals surface area contributed by atoms with Gasteiger partial charge >= 0.3 is 5.97 Å². The summed E-state index contributed by atoms with van der Waals surface area (Å²) in [7, 11) is 0. The van der Waals surface area contributed by atoms with Gasteiger partial charge in [0.15, 0.2) is 12.9 Å². The van der Waals surface area contributed by atoms with Crippen LogP contribution in [0.15, 0.2) is 47.7 Å². The van der Waals surface area contributed by atoms with Gasteiger partial charge in [0, 0.05) is 25.1 Å². The van der Waals surface area contributed by atoms with E-state index in [0.717, 1.165) is 25.3 Å². The molecule has 2 aliphatic heterocycles. The molecule has 0 radical (unpaired) electrons. The van der Waals surface area contributed by atoms with Gasteiger partial charge in [-0.3, -0.25) is 9.59 Å². The average Bonchev–Trinajstić information content (AvgIpc) is 2.85. The predicted octanol–water partition coefficient (Wildman–Crippen LogP) is 4.01. The lowest BCUT2D eigenvalue weighted by Crippen LogP contribution is -2.36. The fraction of sp³-hybridized carbons (Fsp3) is 0.360. The maximum Gasteiger partial charge on any atom is 0.339 e. The van der Waals surface area contributed by atoms with Crippen molar-refractivity contribution >= 4 is 35.5 Å². The molecule has 2 aliphatic rings. The van der Waals surface area contributed by atoms with Gasteiger partial charge < -0.3 is 19.6 Å². The van der Waals surface area contributed by atoms with Crippen LogP contribution in [-0.2, 0) is 20.8 Å². The highest BCUT2D eigenvalue weighted by Gasteiger charge is 2.24. The molecule has 0 unspecified atom stereocenters. The number of carbonyl (C=O) groups is 3. The van der Waals surface area contributed by atoms with Crippen molar-refractivity contribution in [2.24, 2.45) is 5.16 Å². The van der Waals surface area contributed by atoms with Gasteiger partial charge in [-0.05, 0) is 43.4 Å². The zero-order chi connectivity index (χ0) is 24.3. The molecule has 9 heteroatoms. The molecule has 0 saturated carbocycles. The van der Waals surface area contributed by atoms with E-state index in [4.69, 9.17) is 21.2 Å². The summed E-state index contributed by atoms with van der Waals surface area (Å²) in [5.74, 6) is -1.24. The van der Waals surface area contributed by atoms with Gasteiger partial charge in [-0.25, -0.2) is 4.79 Å². The van der Waals surface area contributed by atoms with Gasteiger partial charge in [-0.1, -0.05) is 47.1 Å². The third-order valence-corrected chi connectivity index (χ3v) is 5.76. The Hall–Kier alpha value is -3.39. The predicted molar refractivity (Wildman–Crippen MR) is 128 cm³/mol. The average molecular weight is 487 g/mol. The topological polar surface area (TPSA) is 105 Å². The highest BCUT2D eigenvalue weighted by molar-refractivity contribution is 6.34. The number of carbonyl (C=O) groups excluding carboxylic acids is 3. The summed E-state index contributed by atoms with van der Waals surface area (Å²) in [6.07, 6.45) is 14.8. The first-order valence-corrected chi connectivity index (χ1v) is 11.5. The third-order valence-electron chi connectivity index (χ3n) is 5.34. The molecule has 0 aliphatic carbocycles. The number of phenolic OH excluding ortho intramolecular Hbond substituents is 1. The lowest BCUT2D eigenvalue weighted by atomic mass is 9.96. The number of aldehydes is 1. The monoisotopic (exact) mass is 486 g/mol. The minimum absolute atomic E-state index is 0.0223. The molecule has 3 rings (SSSR count). The Morgan fingerprint density at radius 3 is 2.71 bits per heavy atom. The number of hydrogen-bond acceptors (Lipinski definition) is 7. The molecule has 2 heterocycles. The Bertz CT molecular complexity index is 1040. The number of halogens is 1. The normalized spacial score (nSPS) is 20.1. The molecule has 0 aromatic heterocycles. The second-order valence-corrected chi connectivity index (χ2v) is 8.16. The van der Waals surface area contributed by atoms with E-state index in [9.17, 15) is 19.5 Å². The zero-order valence-electron chi connectivity index (χ0n) is 18.7. The molecule has 1 amide bonds. The Morgan fingerprint density at radius 2 is 1.94 bits per heavy atom. The van der Waals surface area contributed by atoms with Crippen LogP contribution in [0.25, 0.3) is 0 Å². The molecule has 0 saturated heterocycles. The van der Waals surface area contributed by atoms with Crippen molar-refractivity contribution in [3.05, 3.63) is 64.2 Å². The minimum atomic E-state index is -0.720. The number of rotatable bonds is 4. The summed E-state index contributed by atoms with van der Waals surface area (Å²) in [6.45, 7) is 1.06. The van der Waals surface area contributed by atoms with E-state index < -0.39 is 5.97 Å². The number of benzene rings is 1. The van der Waals surface area contributed by atoms with Crippen LogP contribution in [0, 0.1) is 0 Å². The van der Waals surface area contributed by atoms with Gasteiger partial charge in [-0.2, -0.15) is 0 Å². The van der Waals surface area contributed by atoms with Gasteiger partial charge in [0.2, 0.25) is 0 Å². The first kappa shape index (κ1) is 25.2. The summed E-state index contributed by atoms with van der Waals surface area (Å²) in [6, 6.07) is 1.13. The Kier molecular flexibility index (Phi) is 9.46. The van der Waals surface area contributed by atoms with Crippen LogP contribution in [-0.4, -0.2) is 60.2 Å². The molecule has 1 aromatic rings. The maximum absolute atomic E-state index is 12.8. The van der Waals surface area contributed by atoms with Crippen LogP contribution in [0.2, 0.25) is 5.02 Å². The van der Waals surface area contributed by atoms with E-state index in [1.54, 1.807) is 11.0 Å². The van der Waals surface area contributed by atoms with Gasteiger partial charge in [-0.15, -0.1) is 0 Å². The van der Waals surface area contributed by atoms with Gasteiger partial charge in [0.25, 0.3) is 5.91 Å². The molecule has 0 bridgehead atoms. The van der Waals surface area contributed by atoms with Crippen molar-refractivity contribution in [2.45, 2.75) is 32.1 Å². The van der Waals surface area contributed by atoms with Crippen LogP contribution in [0.4, 0.5) is 0 Å². The molecule has 0 atom stereocenters. The number of esters is 1. The standard InChI is InChI=1S/C25H27ClN2O6/c26-24-20-15-19(27-34-17-22(31)28-11-7-5-8-12-28)10-6-3-1-2-4-9-13-33-25(32)23(20)18(16-29)14-21(24)30/h2,4-7,10,14,16,30H,1,3,8-9,11-13,15,17H2/b4-2+,10-6+,27-19-. The van der Waals surface area contributed by atoms with E-state index in [-0.39, 0.29) is 53.0 Å². The second-order valence-electron chi connectivity index (χ2n) is 7.78. The quantitative estimate of drug-likeness (QED) is 0.298. The maximum atomic E-state index is 12.8. The zero-order valence-corrected chi connectivity index (χ0v) is 19.5. The number of phenols is 1. The second kappa shape index (κ2) is 12.7. The smallest absolute Gasteiger partial charge is 0.339 e. The van der Waals surface area contributed by atoms with Gasteiger partial charge in [0.05, 0.1) is 22.9 Å². The van der Waals surface area contributed by atoms with Crippen LogP contribution in [0.5, 0.6) is 5.75 Å². The molecule has 180 valence electrons. The number of amides is 1. The van der Waals surface area contributed by atoms with Crippen molar-refractivity contribution in [1.29, 1.82) is 0 Å². The fourth-order valence-corrected chi connectivity index (χ4v) is 3.81. The van der Waals surface area contributed by atoms with Crippen LogP contribution < -0.4 is 0 Å². The number of aromatic hydroxyl groups is 1. The number of nitrogens with zero attached hydrogens (tertiary/aromatic N) is 2. The largest absolute Gasteiger partial charge is 0.506 e. The molecule has 1 N–H and O–H groups in total. The minimum Gasteiger partial charge on any atom is -0.506 e. The van der Waals surface area contributed by atoms with E-state index in [0.29, 0.717) is 31.5 Å². The highest BCUT2D eigenvalue weighted by Crippen LogP contribution is 2.33. The lowest BCUT2D eigenvalue weighted by Gasteiger charge is -2.22. The molecule has 0 fully saturated rings. The Labute approximate surface area is 203 Å². The number of hydrogen-bond donors (Lipinski definition) is 1.